The predicted octanol–water partition coefficient (Wildman–Crippen LogP) is 1.79. The minimum Gasteiger partial charge on any atom is -0.373 e. The van der Waals surface area contributed by atoms with Crippen molar-refractivity contribution in [1.29, 1.82) is 0 Å². The predicted molar refractivity (Wildman–Crippen MR) is 44.3 cm³/mol. The van der Waals surface area contributed by atoms with E-state index in [0.29, 0.717) is 0 Å². The SMILES string of the molecule is [CH2]C1OC(CC)COC1CC. The fourth-order valence-electron chi connectivity index (χ4n) is 1.31. The third-order valence-corrected chi connectivity index (χ3v) is 2.14. The van der Waals surface area contributed by atoms with E-state index in [-0.39, 0.29) is 18.3 Å². The maximum Gasteiger partial charge on any atom is 0.0842 e. The number of hydrogen-bond donors (Lipinski definition) is 0. The molecule has 1 rings (SSSR count). The first-order chi connectivity index (χ1) is 5.27. The van der Waals surface area contributed by atoms with Gasteiger partial charge in [-0.25, -0.2) is 0 Å². The van der Waals surface area contributed by atoms with Crippen LogP contribution in [0.4, 0.5) is 0 Å². The van der Waals surface area contributed by atoms with Gasteiger partial charge in [-0.05, 0) is 19.8 Å². The van der Waals surface area contributed by atoms with Crippen molar-refractivity contribution < 1.29 is 9.47 Å². The zero-order valence-corrected chi connectivity index (χ0v) is 7.38. The minimum atomic E-state index is 0.0266. The van der Waals surface area contributed by atoms with Gasteiger partial charge in [0, 0.05) is 0 Å². The molecule has 2 nitrogen and oxygen atoms in total. The van der Waals surface area contributed by atoms with Crippen molar-refractivity contribution in [3.63, 3.8) is 0 Å². The van der Waals surface area contributed by atoms with Crippen LogP contribution in [0.2, 0.25) is 0 Å². The van der Waals surface area contributed by atoms with Crippen molar-refractivity contribution in [1.82, 2.24) is 0 Å². The summed E-state index contributed by atoms with van der Waals surface area (Å²) < 4.78 is 11.2. The molecule has 0 aliphatic carbocycles. The van der Waals surface area contributed by atoms with Crippen molar-refractivity contribution >= 4 is 0 Å². The van der Waals surface area contributed by atoms with Gasteiger partial charge in [0.05, 0.1) is 24.9 Å². The molecule has 0 aromatic heterocycles. The quantitative estimate of drug-likeness (QED) is 0.608. The summed E-state index contributed by atoms with van der Waals surface area (Å²) in [6, 6.07) is 0. The molecule has 0 bridgehead atoms. The van der Waals surface area contributed by atoms with Gasteiger partial charge < -0.3 is 9.47 Å². The van der Waals surface area contributed by atoms with E-state index in [1.807, 2.05) is 0 Å². The Labute approximate surface area is 68.9 Å². The largest absolute Gasteiger partial charge is 0.373 e. The smallest absolute Gasteiger partial charge is 0.0842 e. The molecule has 0 aromatic carbocycles. The number of rotatable bonds is 2. The third-order valence-electron chi connectivity index (χ3n) is 2.14. The maximum absolute atomic E-state index is 5.60. The van der Waals surface area contributed by atoms with E-state index in [9.17, 15) is 0 Å². The van der Waals surface area contributed by atoms with Crippen molar-refractivity contribution in [2.24, 2.45) is 0 Å². The molecule has 0 N–H and O–H groups in total. The summed E-state index contributed by atoms with van der Waals surface area (Å²) >= 11 is 0. The Morgan fingerprint density at radius 3 is 2.55 bits per heavy atom. The van der Waals surface area contributed by atoms with Crippen LogP contribution >= 0.6 is 0 Å². The molecule has 0 spiro atoms. The zero-order chi connectivity index (χ0) is 8.27. The summed E-state index contributed by atoms with van der Waals surface area (Å²) in [5.74, 6) is 0. The van der Waals surface area contributed by atoms with Gasteiger partial charge in [-0.3, -0.25) is 0 Å². The highest BCUT2D eigenvalue weighted by atomic mass is 16.6. The molecule has 1 fully saturated rings. The van der Waals surface area contributed by atoms with Crippen LogP contribution in [0.3, 0.4) is 0 Å². The first kappa shape index (κ1) is 9.01. The van der Waals surface area contributed by atoms with Crippen LogP contribution in [0, 0.1) is 6.92 Å². The van der Waals surface area contributed by atoms with E-state index in [1.165, 1.54) is 0 Å². The van der Waals surface area contributed by atoms with Gasteiger partial charge in [0.15, 0.2) is 0 Å². The number of ether oxygens (including phenoxy) is 2. The average Bonchev–Trinajstić information content (AvgIpc) is 2.04. The van der Waals surface area contributed by atoms with E-state index in [2.05, 4.69) is 20.8 Å². The van der Waals surface area contributed by atoms with Gasteiger partial charge in [-0.15, -0.1) is 0 Å². The summed E-state index contributed by atoms with van der Waals surface area (Å²) in [6.07, 6.45) is 2.50. The molecule has 65 valence electrons. The second kappa shape index (κ2) is 4.07. The van der Waals surface area contributed by atoms with E-state index >= 15 is 0 Å². The molecule has 0 aromatic rings. The summed E-state index contributed by atoms with van der Waals surface area (Å²) in [5.41, 5.74) is 0. The van der Waals surface area contributed by atoms with Crippen LogP contribution in [-0.2, 0) is 9.47 Å². The number of hydrogen-bond acceptors (Lipinski definition) is 2. The first-order valence-electron chi connectivity index (χ1n) is 4.38. The van der Waals surface area contributed by atoms with E-state index in [1.54, 1.807) is 0 Å². The molecule has 11 heavy (non-hydrogen) atoms. The molecule has 2 heteroatoms. The summed E-state index contributed by atoms with van der Waals surface area (Å²) in [4.78, 5) is 0. The van der Waals surface area contributed by atoms with E-state index in [4.69, 9.17) is 9.47 Å². The van der Waals surface area contributed by atoms with Gasteiger partial charge in [-0.1, -0.05) is 13.8 Å². The van der Waals surface area contributed by atoms with Crippen LogP contribution in [0.15, 0.2) is 0 Å². The minimum absolute atomic E-state index is 0.0266. The third kappa shape index (κ3) is 2.17. The Balaban J connectivity index is 2.34. The van der Waals surface area contributed by atoms with Crippen LogP contribution in [-0.4, -0.2) is 24.9 Å². The molecule has 0 saturated carbocycles. The second-order valence-electron chi connectivity index (χ2n) is 2.98. The summed E-state index contributed by atoms with van der Waals surface area (Å²) in [7, 11) is 0. The average molecular weight is 157 g/mol. The Bertz CT molecular complexity index is 114. The van der Waals surface area contributed by atoms with Crippen LogP contribution in [0.1, 0.15) is 26.7 Å². The molecule has 1 radical (unpaired) electrons. The maximum atomic E-state index is 5.60. The van der Waals surface area contributed by atoms with E-state index < -0.39 is 0 Å². The van der Waals surface area contributed by atoms with Crippen molar-refractivity contribution in [2.75, 3.05) is 6.61 Å². The lowest BCUT2D eigenvalue weighted by Gasteiger charge is -2.33. The molecular formula is C9H17O2. The molecular weight excluding hydrogens is 140 g/mol. The lowest BCUT2D eigenvalue weighted by atomic mass is 10.1. The van der Waals surface area contributed by atoms with Crippen molar-refractivity contribution in [2.45, 2.75) is 45.0 Å². The highest BCUT2D eigenvalue weighted by molar-refractivity contribution is 4.77. The highest BCUT2D eigenvalue weighted by Crippen LogP contribution is 2.17. The van der Waals surface area contributed by atoms with Crippen LogP contribution in [0.25, 0.3) is 0 Å². The van der Waals surface area contributed by atoms with Gasteiger partial charge in [-0.2, -0.15) is 0 Å². The standard InChI is InChI=1S/C9H17O2/c1-4-8-6-10-9(5-2)7(3)11-8/h7-9H,3-6H2,1-2H3. The molecule has 1 saturated heterocycles. The van der Waals surface area contributed by atoms with Crippen molar-refractivity contribution in [3.8, 4) is 0 Å². The summed E-state index contributed by atoms with van der Waals surface area (Å²) in [5, 5.41) is 0. The Morgan fingerprint density at radius 1 is 1.36 bits per heavy atom. The Kier molecular flexibility index (Phi) is 3.34. The van der Waals surface area contributed by atoms with Gasteiger partial charge in [0.25, 0.3) is 0 Å². The fourth-order valence-corrected chi connectivity index (χ4v) is 1.31. The van der Waals surface area contributed by atoms with Gasteiger partial charge >= 0.3 is 0 Å². The zero-order valence-electron chi connectivity index (χ0n) is 7.38. The molecule has 0 amide bonds. The van der Waals surface area contributed by atoms with Crippen molar-refractivity contribution in [3.05, 3.63) is 6.92 Å². The Hall–Kier alpha value is -0.0800. The molecule has 1 aliphatic rings. The monoisotopic (exact) mass is 157 g/mol. The lowest BCUT2D eigenvalue weighted by molar-refractivity contribution is -0.165. The second-order valence-corrected chi connectivity index (χ2v) is 2.98. The van der Waals surface area contributed by atoms with Gasteiger partial charge in [0.2, 0.25) is 0 Å². The van der Waals surface area contributed by atoms with Gasteiger partial charge in [0.1, 0.15) is 0 Å². The first-order valence-corrected chi connectivity index (χ1v) is 4.38. The molecule has 3 unspecified atom stereocenters. The normalized spacial score (nSPS) is 39.0. The Morgan fingerprint density at radius 2 is 2.09 bits per heavy atom. The van der Waals surface area contributed by atoms with Crippen LogP contribution in [0.5, 0.6) is 0 Å². The fraction of sp³-hybridized carbons (Fsp3) is 0.889. The lowest BCUT2D eigenvalue weighted by Crippen LogP contribution is -2.41. The topological polar surface area (TPSA) is 18.5 Å². The molecule has 1 aliphatic heterocycles. The molecule has 1 heterocycles. The van der Waals surface area contributed by atoms with Crippen LogP contribution < -0.4 is 0 Å². The molecule has 3 atom stereocenters. The summed E-state index contributed by atoms with van der Waals surface area (Å²) in [6.45, 7) is 8.84. The highest BCUT2D eigenvalue weighted by Gasteiger charge is 2.26. The van der Waals surface area contributed by atoms with E-state index in [0.717, 1.165) is 19.4 Å².